The number of methoxy groups -OCH3 is 1. The molecule has 1 aromatic carbocycles. The van der Waals surface area contributed by atoms with Crippen molar-refractivity contribution in [2.75, 3.05) is 26.8 Å². The lowest BCUT2D eigenvalue weighted by atomic mass is 9.96. The molecule has 2 heterocycles. The highest BCUT2D eigenvalue weighted by atomic mass is 16.5. The van der Waals surface area contributed by atoms with E-state index in [-0.39, 0.29) is 18.4 Å². The summed E-state index contributed by atoms with van der Waals surface area (Å²) in [5, 5.41) is 11.7. The highest BCUT2D eigenvalue weighted by Crippen LogP contribution is 2.40. The summed E-state index contributed by atoms with van der Waals surface area (Å²) in [6.45, 7) is 0.766. The molecule has 0 N–H and O–H groups in total. The second-order valence-electron chi connectivity index (χ2n) is 7.60. The van der Waals surface area contributed by atoms with E-state index in [4.69, 9.17) is 9.47 Å². The van der Waals surface area contributed by atoms with Crippen LogP contribution in [0.25, 0.3) is 0 Å². The summed E-state index contributed by atoms with van der Waals surface area (Å²) in [7, 11) is 1.50. The molecule has 1 aliphatic carbocycles. The smallest absolute Gasteiger partial charge is 0.256 e. The Kier molecular flexibility index (Phi) is 4.74. The standard InChI is InChI=1S/C20H24N2O6/c1-27-15-4-2-3-14(11-15)18(24)22-16(19(25)26)12-28-20(22)7-9-21(10-8-20)17(23)13-5-6-13/h2-4,11,13,16H,5-10,12H2,1H3,(H,25,26)/p-1/t16-/m0/s1. The average molecular weight is 387 g/mol. The fraction of sp³-hybridized carbons (Fsp3) is 0.550. The number of carbonyl (C=O) groups is 3. The molecule has 4 rings (SSSR count). The van der Waals surface area contributed by atoms with Gasteiger partial charge >= 0.3 is 0 Å². The van der Waals surface area contributed by atoms with Crippen LogP contribution in [0.1, 0.15) is 36.0 Å². The molecule has 3 fully saturated rings. The highest BCUT2D eigenvalue weighted by Gasteiger charge is 2.53. The quantitative estimate of drug-likeness (QED) is 0.722. The molecule has 28 heavy (non-hydrogen) atoms. The molecule has 0 radical (unpaired) electrons. The van der Waals surface area contributed by atoms with Crippen molar-refractivity contribution in [3.63, 3.8) is 0 Å². The van der Waals surface area contributed by atoms with Crippen LogP contribution in [0.2, 0.25) is 0 Å². The van der Waals surface area contributed by atoms with Crippen LogP contribution in [0.4, 0.5) is 0 Å². The average Bonchev–Trinajstić information content (AvgIpc) is 3.50. The topological polar surface area (TPSA) is 99.2 Å². The molecule has 2 aliphatic heterocycles. The molecular weight excluding hydrogens is 364 g/mol. The number of nitrogens with zero attached hydrogens (tertiary/aromatic N) is 2. The number of carboxylic acids is 1. The molecule has 1 saturated carbocycles. The molecular formula is C20H23N2O6-. The van der Waals surface area contributed by atoms with E-state index in [9.17, 15) is 19.5 Å². The number of aliphatic carboxylic acids is 1. The van der Waals surface area contributed by atoms with Crippen LogP contribution in [0.3, 0.4) is 0 Å². The third-order valence-corrected chi connectivity index (χ3v) is 5.85. The second-order valence-corrected chi connectivity index (χ2v) is 7.60. The predicted octanol–water partition coefficient (Wildman–Crippen LogP) is 0.0148. The Morgan fingerprint density at radius 1 is 1.21 bits per heavy atom. The first kappa shape index (κ1) is 18.7. The van der Waals surface area contributed by atoms with E-state index in [2.05, 4.69) is 0 Å². The van der Waals surface area contributed by atoms with Gasteiger partial charge in [0.2, 0.25) is 5.91 Å². The lowest BCUT2D eigenvalue weighted by Gasteiger charge is -2.45. The maximum atomic E-state index is 13.3. The Labute approximate surface area is 163 Å². The van der Waals surface area contributed by atoms with E-state index >= 15 is 0 Å². The van der Waals surface area contributed by atoms with E-state index in [0.29, 0.717) is 37.2 Å². The van der Waals surface area contributed by atoms with Crippen LogP contribution in [0.15, 0.2) is 24.3 Å². The number of piperidine rings is 1. The van der Waals surface area contributed by atoms with Gasteiger partial charge in [0.1, 0.15) is 11.5 Å². The van der Waals surface area contributed by atoms with Gasteiger partial charge in [-0.2, -0.15) is 0 Å². The fourth-order valence-electron chi connectivity index (χ4n) is 4.11. The lowest BCUT2D eigenvalue weighted by molar-refractivity contribution is -0.310. The SMILES string of the molecule is COc1cccc(C(=O)N2[C@H](C(=O)[O-])COC23CCN(C(=O)C2CC2)CC3)c1. The van der Waals surface area contributed by atoms with Crippen molar-refractivity contribution in [2.24, 2.45) is 5.92 Å². The highest BCUT2D eigenvalue weighted by molar-refractivity contribution is 5.97. The van der Waals surface area contributed by atoms with Crippen molar-refractivity contribution in [3.05, 3.63) is 29.8 Å². The van der Waals surface area contributed by atoms with Gasteiger partial charge in [-0.3, -0.25) is 14.5 Å². The summed E-state index contributed by atoms with van der Waals surface area (Å²) in [5.74, 6) is -0.994. The number of hydrogen-bond donors (Lipinski definition) is 0. The number of rotatable bonds is 4. The minimum absolute atomic E-state index is 0.116. The third kappa shape index (κ3) is 3.22. The van der Waals surface area contributed by atoms with Gasteiger partial charge in [0.25, 0.3) is 5.91 Å². The van der Waals surface area contributed by atoms with Crippen LogP contribution in [-0.4, -0.2) is 66.2 Å². The summed E-state index contributed by atoms with van der Waals surface area (Å²) in [6, 6.07) is 5.43. The van der Waals surface area contributed by atoms with Crippen molar-refractivity contribution in [2.45, 2.75) is 37.5 Å². The number of carbonyl (C=O) groups excluding carboxylic acids is 3. The summed E-state index contributed by atoms with van der Waals surface area (Å²) in [6.07, 6.45) is 2.63. The maximum Gasteiger partial charge on any atom is 0.256 e. The molecule has 3 aliphatic rings. The lowest BCUT2D eigenvalue weighted by Crippen LogP contribution is -2.60. The van der Waals surface area contributed by atoms with Gasteiger partial charge in [0.05, 0.1) is 25.7 Å². The van der Waals surface area contributed by atoms with Crippen molar-refractivity contribution in [1.29, 1.82) is 0 Å². The Balaban J connectivity index is 1.58. The number of carboxylic acid groups (broad SMARTS) is 1. The Morgan fingerprint density at radius 3 is 2.54 bits per heavy atom. The van der Waals surface area contributed by atoms with Crippen molar-refractivity contribution in [3.8, 4) is 5.75 Å². The number of likely N-dealkylation sites (tertiary alicyclic amines) is 1. The van der Waals surface area contributed by atoms with E-state index in [1.807, 2.05) is 0 Å². The molecule has 8 heteroatoms. The molecule has 0 bridgehead atoms. The van der Waals surface area contributed by atoms with E-state index in [1.165, 1.54) is 12.0 Å². The molecule has 1 aromatic rings. The van der Waals surface area contributed by atoms with Crippen molar-refractivity contribution >= 4 is 17.8 Å². The Hall–Kier alpha value is -2.61. The van der Waals surface area contributed by atoms with Crippen molar-refractivity contribution < 1.29 is 29.0 Å². The molecule has 0 aromatic heterocycles. The van der Waals surface area contributed by atoms with Crippen LogP contribution in [0.5, 0.6) is 5.75 Å². The van der Waals surface area contributed by atoms with Crippen LogP contribution >= 0.6 is 0 Å². The zero-order valence-corrected chi connectivity index (χ0v) is 15.8. The molecule has 2 saturated heterocycles. The Morgan fingerprint density at radius 2 is 1.93 bits per heavy atom. The van der Waals surface area contributed by atoms with Gasteiger partial charge in [-0.15, -0.1) is 0 Å². The van der Waals surface area contributed by atoms with Gasteiger partial charge in [0, 0.05) is 37.4 Å². The number of benzene rings is 1. The van der Waals surface area contributed by atoms with Gasteiger partial charge in [-0.05, 0) is 31.0 Å². The Bertz CT molecular complexity index is 798. The van der Waals surface area contributed by atoms with E-state index in [1.54, 1.807) is 29.2 Å². The minimum atomic E-state index is -1.34. The van der Waals surface area contributed by atoms with Crippen LogP contribution in [-0.2, 0) is 14.3 Å². The van der Waals surface area contributed by atoms with Crippen LogP contribution < -0.4 is 9.84 Å². The van der Waals surface area contributed by atoms with Crippen LogP contribution in [0, 0.1) is 5.92 Å². The van der Waals surface area contributed by atoms with Crippen molar-refractivity contribution in [1.82, 2.24) is 9.80 Å². The number of ether oxygens (including phenoxy) is 2. The zero-order valence-electron chi connectivity index (χ0n) is 15.8. The monoisotopic (exact) mass is 387 g/mol. The molecule has 150 valence electrons. The summed E-state index contributed by atoms with van der Waals surface area (Å²) >= 11 is 0. The zero-order chi connectivity index (χ0) is 19.9. The van der Waals surface area contributed by atoms with Gasteiger partial charge < -0.3 is 24.3 Å². The normalized spacial score (nSPS) is 23.7. The first-order valence-corrected chi connectivity index (χ1v) is 9.56. The molecule has 0 unspecified atom stereocenters. The largest absolute Gasteiger partial charge is 0.548 e. The summed E-state index contributed by atoms with van der Waals surface area (Å²) in [4.78, 5) is 40.4. The maximum absolute atomic E-state index is 13.3. The summed E-state index contributed by atoms with van der Waals surface area (Å²) < 4.78 is 11.1. The number of amides is 2. The van der Waals surface area contributed by atoms with Gasteiger partial charge in [-0.1, -0.05) is 6.07 Å². The third-order valence-electron chi connectivity index (χ3n) is 5.85. The first-order chi connectivity index (χ1) is 13.4. The molecule has 2 amide bonds. The van der Waals surface area contributed by atoms with E-state index in [0.717, 1.165) is 12.8 Å². The number of hydrogen-bond acceptors (Lipinski definition) is 6. The van der Waals surface area contributed by atoms with Gasteiger partial charge in [0.15, 0.2) is 0 Å². The molecule has 8 nitrogen and oxygen atoms in total. The molecule has 1 spiro atoms. The van der Waals surface area contributed by atoms with Gasteiger partial charge in [-0.25, -0.2) is 0 Å². The second kappa shape index (κ2) is 7.09. The molecule has 1 atom stereocenters. The predicted molar refractivity (Wildman–Crippen MR) is 95.2 cm³/mol. The first-order valence-electron chi connectivity index (χ1n) is 9.56. The fourth-order valence-corrected chi connectivity index (χ4v) is 4.11. The minimum Gasteiger partial charge on any atom is -0.548 e. The summed E-state index contributed by atoms with van der Waals surface area (Å²) in [5.41, 5.74) is -0.711. The van der Waals surface area contributed by atoms with E-state index < -0.39 is 23.6 Å².